The Bertz CT molecular complexity index is 674. The lowest BCUT2D eigenvalue weighted by Gasteiger charge is -2.28. The first-order valence-electron chi connectivity index (χ1n) is 7.19. The smallest absolute Gasteiger partial charge is 0.253 e. The summed E-state index contributed by atoms with van der Waals surface area (Å²) in [5, 5.41) is 14.8. The SMILES string of the molecule is O=C(N[C@@H]1CCCC[C@H]1O)c1cnc(Cl)c2ccccc12. The predicted octanol–water partition coefficient (Wildman–Crippen LogP) is 2.92. The molecule has 0 radical (unpaired) electrons. The van der Waals surface area contributed by atoms with Crippen molar-refractivity contribution in [3.63, 3.8) is 0 Å². The number of aliphatic hydroxyl groups excluding tert-OH is 1. The van der Waals surface area contributed by atoms with E-state index < -0.39 is 6.10 Å². The summed E-state index contributed by atoms with van der Waals surface area (Å²) >= 11 is 6.07. The molecule has 2 N–H and O–H groups in total. The minimum absolute atomic E-state index is 0.180. The van der Waals surface area contributed by atoms with Crippen molar-refractivity contribution in [2.45, 2.75) is 37.8 Å². The molecule has 0 bridgehead atoms. The van der Waals surface area contributed by atoms with Gasteiger partial charge in [-0.2, -0.15) is 0 Å². The molecule has 0 aliphatic heterocycles. The number of halogens is 1. The molecular weight excluding hydrogens is 288 g/mol. The number of carbonyl (C=O) groups is 1. The highest BCUT2D eigenvalue weighted by atomic mass is 35.5. The second-order valence-electron chi connectivity index (χ2n) is 5.44. The quantitative estimate of drug-likeness (QED) is 0.839. The number of benzene rings is 1. The molecule has 0 spiro atoms. The molecule has 1 fully saturated rings. The molecule has 0 saturated heterocycles. The van der Waals surface area contributed by atoms with Gasteiger partial charge in [-0.05, 0) is 18.2 Å². The number of aliphatic hydroxyl groups is 1. The van der Waals surface area contributed by atoms with Gasteiger partial charge in [0.2, 0.25) is 0 Å². The minimum atomic E-state index is -0.464. The van der Waals surface area contributed by atoms with Crippen LogP contribution in [0.1, 0.15) is 36.0 Å². The highest BCUT2D eigenvalue weighted by Crippen LogP contribution is 2.25. The van der Waals surface area contributed by atoms with E-state index in [0.29, 0.717) is 10.7 Å². The first kappa shape index (κ1) is 14.3. The summed E-state index contributed by atoms with van der Waals surface area (Å²) in [6.07, 6.45) is 4.63. The summed E-state index contributed by atoms with van der Waals surface area (Å²) in [6.45, 7) is 0. The Morgan fingerprint density at radius 3 is 2.71 bits per heavy atom. The predicted molar refractivity (Wildman–Crippen MR) is 82.5 cm³/mol. The molecule has 1 aliphatic rings. The molecule has 2 aromatic rings. The summed E-state index contributed by atoms with van der Waals surface area (Å²) in [5.41, 5.74) is 0.493. The van der Waals surface area contributed by atoms with Gasteiger partial charge < -0.3 is 10.4 Å². The monoisotopic (exact) mass is 304 g/mol. The van der Waals surface area contributed by atoms with Crippen molar-refractivity contribution in [3.8, 4) is 0 Å². The Balaban J connectivity index is 1.89. The van der Waals surface area contributed by atoms with Gasteiger partial charge in [0, 0.05) is 11.6 Å². The van der Waals surface area contributed by atoms with Crippen molar-refractivity contribution in [3.05, 3.63) is 41.2 Å². The van der Waals surface area contributed by atoms with Gasteiger partial charge in [-0.1, -0.05) is 48.7 Å². The third kappa shape index (κ3) is 2.87. The molecule has 21 heavy (non-hydrogen) atoms. The molecule has 0 unspecified atom stereocenters. The van der Waals surface area contributed by atoms with Crippen molar-refractivity contribution in [2.24, 2.45) is 0 Å². The molecule has 1 heterocycles. The zero-order valence-corrected chi connectivity index (χ0v) is 12.3. The lowest BCUT2D eigenvalue weighted by atomic mass is 9.92. The third-order valence-corrected chi connectivity index (χ3v) is 4.34. The lowest BCUT2D eigenvalue weighted by molar-refractivity contribution is 0.0718. The first-order chi connectivity index (χ1) is 10.2. The van der Waals surface area contributed by atoms with E-state index in [-0.39, 0.29) is 11.9 Å². The van der Waals surface area contributed by atoms with E-state index in [1.54, 1.807) is 0 Å². The molecule has 1 saturated carbocycles. The van der Waals surface area contributed by atoms with E-state index in [4.69, 9.17) is 11.6 Å². The topological polar surface area (TPSA) is 62.2 Å². The normalized spacial score (nSPS) is 22.2. The van der Waals surface area contributed by atoms with Gasteiger partial charge in [0.1, 0.15) is 5.15 Å². The zero-order valence-electron chi connectivity index (χ0n) is 11.6. The number of fused-ring (bicyclic) bond motifs is 1. The third-order valence-electron chi connectivity index (χ3n) is 4.04. The van der Waals surface area contributed by atoms with Crippen molar-refractivity contribution in [1.29, 1.82) is 0 Å². The summed E-state index contributed by atoms with van der Waals surface area (Å²) in [6, 6.07) is 7.25. The zero-order chi connectivity index (χ0) is 14.8. The Kier molecular flexibility index (Phi) is 4.08. The maximum Gasteiger partial charge on any atom is 0.253 e. The summed E-state index contributed by atoms with van der Waals surface area (Å²) in [4.78, 5) is 16.6. The molecule has 5 heteroatoms. The average Bonchev–Trinajstić information content (AvgIpc) is 2.50. The van der Waals surface area contributed by atoms with Crippen LogP contribution in [0.25, 0.3) is 10.8 Å². The van der Waals surface area contributed by atoms with Gasteiger partial charge in [-0.3, -0.25) is 4.79 Å². The molecule has 3 rings (SSSR count). The number of rotatable bonds is 2. The van der Waals surface area contributed by atoms with Crippen LogP contribution in [0.4, 0.5) is 0 Å². The molecule has 2 atom stereocenters. The number of carbonyl (C=O) groups excluding carboxylic acids is 1. The van der Waals surface area contributed by atoms with Gasteiger partial charge in [-0.15, -0.1) is 0 Å². The van der Waals surface area contributed by atoms with Gasteiger partial charge >= 0.3 is 0 Å². The van der Waals surface area contributed by atoms with Crippen LogP contribution >= 0.6 is 11.6 Å². The minimum Gasteiger partial charge on any atom is -0.391 e. The van der Waals surface area contributed by atoms with E-state index in [0.717, 1.165) is 36.5 Å². The van der Waals surface area contributed by atoms with Crippen molar-refractivity contribution >= 4 is 28.3 Å². The second-order valence-corrected chi connectivity index (χ2v) is 5.80. The van der Waals surface area contributed by atoms with Gasteiger partial charge in [-0.25, -0.2) is 4.98 Å². The highest BCUT2D eigenvalue weighted by molar-refractivity contribution is 6.34. The largest absolute Gasteiger partial charge is 0.391 e. The molecule has 1 amide bonds. The van der Waals surface area contributed by atoms with Gasteiger partial charge in [0.05, 0.1) is 17.7 Å². The summed E-state index contributed by atoms with van der Waals surface area (Å²) in [5.74, 6) is -0.207. The summed E-state index contributed by atoms with van der Waals surface area (Å²) < 4.78 is 0. The number of amides is 1. The van der Waals surface area contributed by atoms with E-state index in [9.17, 15) is 9.90 Å². The van der Waals surface area contributed by atoms with E-state index >= 15 is 0 Å². The van der Waals surface area contributed by atoms with Gasteiger partial charge in [0.25, 0.3) is 5.91 Å². The average molecular weight is 305 g/mol. The standard InChI is InChI=1S/C16H17ClN2O2/c17-15-11-6-2-1-5-10(11)12(9-18-15)16(21)19-13-7-3-4-8-14(13)20/h1-2,5-6,9,13-14,20H,3-4,7-8H2,(H,19,21)/t13-,14-/m1/s1. The number of pyridine rings is 1. The number of nitrogens with one attached hydrogen (secondary N) is 1. The van der Waals surface area contributed by atoms with Crippen molar-refractivity contribution < 1.29 is 9.90 Å². The number of nitrogens with zero attached hydrogens (tertiary/aromatic N) is 1. The molecule has 4 nitrogen and oxygen atoms in total. The molecule has 1 aromatic heterocycles. The van der Waals surface area contributed by atoms with E-state index in [2.05, 4.69) is 10.3 Å². The van der Waals surface area contributed by atoms with Crippen LogP contribution < -0.4 is 5.32 Å². The van der Waals surface area contributed by atoms with Crippen molar-refractivity contribution in [1.82, 2.24) is 10.3 Å². The van der Waals surface area contributed by atoms with Crippen LogP contribution in [-0.2, 0) is 0 Å². The van der Waals surface area contributed by atoms with Crippen LogP contribution in [0.5, 0.6) is 0 Å². The van der Waals surface area contributed by atoms with Crippen LogP contribution in [-0.4, -0.2) is 28.1 Å². The van der Waals surface area contributed by atoms with Crippen molar-refractivity contribution in [2.75, 3.05) is 0 Å². The Labute approximate surface area is 128 Å². The number of hydrogen-bond donors (Lipinski definition) is 2. The van der Waals surface area contributed by atoms with E-state index in [1.807, 2.05) is 24.3 Å². The molecular formula is C16H17ClN2O2. The number of aromatic nitrogens is 1. The Morgan fingerprint density at radius 1 is 1.24 bits per heavy atom. The Morgan fingerprint density at radius 2 is 1.95 bits per heavy atom. The van der Waals surface area contributed by atoms with Crippen LogP contribution in [0, 0.1) is 0 Å². The fourth-order valence-electron chi connectivity index (χ4n) is 2.86. The highest BCUT2D eigenvalue weighted by Gasteiger charge is 2.25. The maximum atomic E-state index is 12.5. The van der Waals surface area contributed by atoms with Gasteiger partial charge in [0.15, 0.2) is 0 Å². The second kappa shape index (κ2) is 6.00. The maximum absolute atomic E-state index is 12.5. The molecule has 1 aromatic carbocycles. The molecule has 110 valence electrons. The fraction of sp³-hybridized carbons (Fsp3) is 0.375. The number of hydrogen-bond acceptors (Lipinski definition) is 3. The molecule has 1 aliphatic carbocycles. The van der Waals surface area contributed by atoms with Crippen LogP contribution in [0.15, 0.2) is 30.5 Å². The fourth-order valence-corrected chi connectivity index (χ4v) is 3.08. The van der Waals surface area contributed by atoms with Crippen LogP contribution in [0.2, 0.25) is 5.15 Å². The van der Waals surface area contributed by atoms with E-state index in [1.165, 1.54) is 6.20 Å². The lowest BCUT2D eigenvalue weighted by Crippen LogP contribution is -2.45. The Hall–Kier alpha value is -1.65. The first-order valence-corrected chi connectivity index (χ1v) is 7.57. The van der Waals surface area contributed by atoms with Crippen LogP contribution in [0.3, 0.4) is 0 Å². The summed E-state index contributed by atoms with van der Waals surface area (Å²) in [7, 11) is 0.